The number of anilines is 1. The molecule has 1 aromatic rings. The van der Waals surface area contributed by atoms with E-state index in [9.17, 15) is 4.79 Å². The molecule has 1 N–H and O–H groups in total. The van der Waals surface area contributed by atoms with E-state index in [1.54, 1.807) is 13.1 Å². The van der Waals surface area contributed by atoms with Crippen LogP contribution in [-0.2, 0) is 9.47 Å². The van der Waals surface area contributed by atoms with Crippen LogP contribution in [0, 0.1) is 0 Å². The van der Waals surface area contributed by atoms with Crippen molar-refractivity contribution in [2.75, 3.05) is 37.8 Å². The van der Waals surface area contributed by atoms with Crippen LogP contribution in [0.5, 0.6) is 0 Å². The van der Waals surface area contributed by atoms with E-state index in [-0.39, 0.29) is 0 Å². The van der Waals surface area contributed by atoms with E-state index in [2.05, 4.69) is 15.4 Å². The lowest BCUT2D eigenvalue weighted by molar-refractivity contribution is 0.122. The molecule has 0 unspecified atom stereocenters. The number of nitrogens with one attached hydrogen (secondary N) is 1. The van der Waals surface area contributed by atoms with Crippen LogP contribution in [0.15, 0.2) is 29.4 Å². The predicted molar refractivity (Wildman–Crippen MR) is 77.2 cm³/mol. The number of nitrogens with zero attached hydrogens (tertiary/aromatic N) is 2. The molecule has 1 aliphatic heterocycles. The SMILES string of the molecule is CCOC(=O)N/N=C/c1ccc(N2CCOCC2)cc1. The van der Waals surface area contributed by atoms with E-state index >= 15 is 0 Å². The van der Waals surface area contributed by atoms with Crippen molar-refractivity contribution in [3.63, 3.8) is 0 Å². The number of hydrogen-bond donors (Lipinski definition) is 1. The number of hydrazone groups is 1. The molecular formula is C14H19N3O3. The molecule has 0 saturated carbocycles. The van der Waals surface area contributed by atoms with Gasteiger partial charge in [0.2, 0.25) is 0 Å². The van der Waals surface area contributed by atoms with Gasteiger partial charge in [0.25, 0.3) is 0 Å². The van der Waals surface area contributed by atoms with Crippen molar-refractivity contribution in [3.8, 4) is 0 Å². The molecule has 0 atom stereocenters. The summed E-state index contributed by atoms with van der Waals surface area (Å²) in [6.07, 6.45) is 1.04. The van der Waals surface area contributed by atoms with Crippen LogP contribution in [0.2, 0.25) is 0 Å². The Morgan fingerprint density at radius 1 is 1.40 bits per heavy atom. The Kier molecular flexibility index (Phi) is 5.37. The van der Waals surface area contributed by atoms with E-state index < -0.39 is 6.09 Å². The maximum atomic E-state index is 11.0. The number of morpholine rings is 1. The van der Waals surface area contributed by atoms with Crippen molar-refractivity contribution >= 4 is 18.0 Å². The van der Waals surface area contributed by atoms with Crippen molar-refractivity contribution < 1.29 is 14.3 Å². The van der Waals surface area contributed by atoms with Crippen molar-refractivity contribution in [1.29, 1.82) is 0 Å². The summed E-state index contributed by atoms with van der Waals surface area (Å²) in [6, 6.07) is 8.00. The van der Waals surface area contributed by atoms with E-state index in [1.807, 2.05) is 24.3 Å². The van der Waals surface area contributed by atoms with Gasteiger partial charge < -0.3 is 14.4 Å². The Hall–Kier alpha value is -2.08. The summed E-state index contributed by atoms with van der Waals surface area (Å²) < 4.78 is 10.0. The van der Waals surface area contributed by atoms with Gasteiger partial charge in [0, 0.05) is 18.8 Å². The van der Waals surface area contributed by atoms with Crippen LogP contribution >= 0.6 is 0 Å². The molecule has 0 bridgehead atoms. The highest BCUT2D eigenvalue weighted by Crippen LogP contribution is 2.15. The smallest absolute Gasteiger partial charge is 0.427 e. The number of benzene rings is 1. The van der Waals surface area contributed by atoms with Crippen molar-refractivity contribution in [3.05, 3.63) is 29.8 Å². The molecule has 1 aromatic carbocycles. The molecule has 1 fully saturated rings. The maximum absolute atomic E-state index is 11.0. The summed E-state index contributed by atoms with van der Waals surface area (Å²) in [5.41, 5.74) is 4.38. The fourth-order valence-electron chi connectivity index (χ4n) is 1.92. The normalized spacial score (nSPS) is 15.3. The summed E-state index contributed by atoms with van der Waals surface area (Å²) in [4.78, 5) is 13.3. The highest BCUT2D eigenvalue weighted by Gasteiger charge is 2.10. The number of amides is 1. The van der Waals surface area contributed by atoms with Crippen LogP contribution in [0.4, 0.5) is 10.5 Å². The van der Waals surface area contributed by atoms with Gasteiger partial charge in [-0.1, -0.05) is 12.1 Å². The average molecular weight is 277 g/mol. The second kappa shape index (κ2) is 7.49. The van der Waals surface area contributed by atoms with Gasteiger partial charge in [-0.25, -0.2) is 10.2 Å². The van der Waals surface area contributed by atoms with Gasteiger partial charge in [-0.3, -0.25) is 0 Å². The van der Waals surface area contributed by atoms with Gasteiger partial charge in [0.15, 0.2) is 0 Å². The Bertz CT molecular complexity index is 453. The fraction of sp³-hybridized carbons (Fsp3) is 0.429. The summed E-state index contributed by atoms with van der Waals surface area (Å²) in [6.45, 7) is 5.44. The Morgan fingerprint density at radius 2 is 2.10 bits per heavy atom. The zero-order chi connectivity index (χ0) is 14.2. The molecule has 2 rings (SSSR count). The van der Waals surface area contributed by atoms with Gasteiger partial charge >= 0.3 is 6.09 Å². The first-order valence-electron chi connectivity index (χ1n) is 6.68. The first-order valence-corrected chi connectivity index (χ1v) is 6.68. The fourth-order valence-corrected chi connectivity index (χ4v) is 1.92. The van der Waals surface area contributed by atoms with Crippen LogP contribution in [0.3, 0.4) is 0 Å². The Morgan fingerprint density at radius 3 is 2.75 bits per heavy atom. The van der Waals surface area contributed by atoms with Crippen LogP contribution in [0.1, 0.15) is 12.5 Å². The van der Waals surface area contributed by atoms with E-state index in [4.69, 9.17) is 9.47 Å². The first kappa shape index (κ1) is 14.3. The molecule has 0 aliphatic carbocycles. The van der Waals surface area contributed by atoms with Crippen LogP contribution in [0.25, 0.3) is 0 Å². The topological polar surface area (TPSA) is 63.2 Å². The minimum atomic E-state index is -0.548. The maximum Gasteiger partial charge on any atom is 0.427 e. The van der Waals surface area contributed by atoms with E-state index in [0.717, 1.165) is 31.9 Å². The second-order valence-corrected chi connectivity index (χ2v) is 4.28. The monoisotopic (exact) mass is 277 g/mol. The van der Waals surface area contributed by atoms with Gasteiger partial charge in [-0.2, -0.15) is 5.10 Å². The molecule has 0 spiro atoms. The van der Waals surface area contributed by atoms with Crippen LogP contribution in [-0.4, -0.2) is 45.2 Å². The Balaban J connectivity index is 1.87. The molecule has 1 saturated heterocycles. The number of ether oxygens (including phenoxy) is 2. The third-order valence-corrected chi connectivity index (χ3v) is 2.91. The molecular weight excluding hydrogens is 258 g/mol. The molecule has 0 radical (unpaired) electrons. The number of hydrogen-bond acceptors (Lipinski definition) is 5. The molecule has 1 aliphatic rings. The number of rotatable bonds is 4. The highest BCUT2D eigenvalue weighted by molar-refractivity contribution is 5.81. The molecule has 108 valence electrons. The van der Waals surface area contributed by atoms with Crippen molar-refractivity contribution in [2.24, 2.45) is 5.10 Å². The number of carbonyl (C=O) groups excluding carboxylic acids is 1. The molecule has 1 amide bonds. The minimum Gasteiger partial charge on any atom is -0.449 e. The standard InChI is InChI=1S/C14H19N3O3/c1-2-20-14(18)16-15-11-12-3-5-13(6-4-12)17-7-9-19-10-8-17/h3-6,11H,2,7-10H2,1H3,(H,16,18)/b15-11+. The molecule has 0 aromatic heterocycles. The van der Waals surface area contributed by atoms with Crippen molar-refractivity contribution in [1.82, 2.24) is 5.43 Å². The third kappa shape index (κ3) is 4.24. The van der Waals surface area contributed by atoms with Crippen LogP contribution < -0.4 is 10.3 Å². The van der Waals surface area contributed by atoms with Gasteiger partial charge in [-0.15, -0.1) is 0 Å². The Labute approximate surface area is 118 Å². The third-order valence-electron chi connectivity index (χ3n) is 2.91. The lowest BCUT2D eigenvalue weighted by Crippen LogP contribution is -2.36. The average Bonchev–Trinajstić information content (AvgIpc) is 2.49. The van der Waals surface area contributed by atoms with Crippen molar-refractivity contribution in [2.45, 2.75) is 6.92 Å². The first-order chi connectivity index (χ1) is 9.79. The van der Waals surface area contributed by atoms with E-state index in [0.29, 0.717) is 6.61 Å². The van der Waals surface area contributed by atoms with Gasteiger partial charge in [-0.05, 0) is 24.6 Å². The van der Waals surface area contributed by atoms with Gasteiger partial charge in [0.05, 0.1) is 26.0 Å². The molecule has 1 heterocycles. The highest BCUT2D eigenvalue weighted by atomic mass is 16.5. The summed E-state index contributed by atoms with van der Waals surface area (Å²) in [5.74, 6) is 0. The number of carbonyl (C=O) groups is 1. The largest absolute Gasteiger partial charge is 0.449 e. The molecule has 6 heteroatoms. The zero-order valence-corrected chi connectivity index (χ0v) is 11.5. The molecule has 6 nitrogen and oxygen atoms in total. The lowest BCUT2D eigenvalue weighted by atomic mass is 10.2. The van der Waals surface area contributed by atoms with Gasteiger partial charge in [0.1, 0.15) is 0 Å². The lowest BCUT2D eigenvalue weighted by Gasteiger charge is -2.28. The second-order valence-electron chi connectivity index (χ2n) is 4.28. The predicted octanol–water partition coefficient (Wildman–Crippen LogP) is 1.60. The van der Waals surface area contributed by atoms with E-state index in [1.165, 1.54) is 5.69 Å². The minimum absolute atomic E-state index is 0.329. The zero-order valence-electron chi connectivity index (χ0n) is 11.5. The summed E-state index contributed by atoms with van der Waals surface area (Å²) in [5, 5.41) is 3.82. The summed E-state index contributed by atoms with van der Waals surface area (Å²) in [7, 11) is 0. The molecule has 20 heavy (non-hydrogen) atoms. The quantitative estimate of drug-likeness (QED) is 0.671. The summed E-state index contributed by atoms with van der Waals surface area (Å²) >= 11 is 0.